The molecule has 0 saturated carbocycles. The zero-order valence-corrected chi connectivity index (χ0v) is 13.0. The predicted molar refractivity (Wildman–Crippen MR) is 73.6 cm³/mol. The molecule has 0 aromatic carbocycles. The molecule has 2 heterocycles. The fourth-order valence-corrected chi connectivity index (χ4v) is 3.32. The summed E-state index contributed by atoms with van der Waals surface area (Å²) >= 11 is 0. The van der Waals surface area contributed by atoms with Crippen molar-refractivity contribution in [3.8, 4) is 0 Å². The van der Waals surface area contributed by atoms with Crippen molar-refractivity contribution < 1.29 is 21.7 Å². The summed E-state index contributed by atoms with van der Waals surface area (Å²) in [6.45, 7) is 5.09. The molecule has 120 valence electrons. The average Bonchev–Trinajstić information content (AvgIpc) is 2.69. The summed E-state index contributed by atoms with van der Waals surface area (Å²) in [4.78, 5) is 2.18. The smallest absolute Gasteiger partial charge is 0.245 e. The lowest BCUT2D eigenvalue weighted by Gasteiger charge is -2.14. The number of hydrogen-bond acceptors (Lipinski definition) is 5. The van der Waals surface area contributed by atoms with Crippen molar-refractivity contribution >= 4 is 10.0 Å². The second-order valence-corrected chi connectivity index (χ2v) is 6.63. The van der Waals surface area contributed by atoms with Gasteiger partial charge in [0, 0.05) is 11.6 Å². The fraction of sp³-hybridized carbons (Fsp3) is 0.385. The minimum Gasteiger partial charge on any atom is -0.361 e. The number of aromatic nitrogens is 2. The molecule has 0 amide bonds. The predicted octanol–water partition coefficient (Wildman–Crippen LogP) is 1.87. The molecule has 9 heteroatoms. The number of rotatable bonds is 5. The highest BCUT2D eigenvalue weighted by molar-refractivity contribution is 7.89. The van der Waals surface area contributed by atoms with Crippen LogP contribution in [0, 0.1) is 25.7 Å². The zero-order chi connectivity index (χ0) is 16.5. The summed E-state index contributed by atoms with van der Waals surface area (Å²) in [6.07, 6.45) is 0.330. The van der Waals surface area contributed by atoms with Crippen LogP contribution in [0.2, 0.25) is 0 Å². The van der Waals surface area contributed by atoms with E-state index in [9.17, 15) is 17.2 Å². The Morgan fingerprint density at radius 3 is 2.55 bits per heavy atom. The Balaban J connectivity index is 2.18. The van der Waals surface area contributed by atoms with Crippen LogP contribution in [0.5, 0.6) is 0 Å². The van der Waals surface area contributed by atoms with Crippen LogP contribution < -0.4 is 4.72 Å². The maximum atomic E-state index is 13.5. The molecule has 2 rings (SSSR count). The molecule has 0 fully saturated rings. The van der Waals surface area contributed by atoms with Crippen molar-refractivity contribution in [1.29, 1.82) is 0 Å². The van der Waals surface area contributed by atoms with Crippen molar-refractivity contribution in [2.45, 2.75) is 38.1 Å². The van der Waals surface area contributed by atoms with Gasteiger partial charge in [0.2, 0.25) is 21.9 Å². The molecule has 2 aromatic rings. The molecule has 0 radical (unpaired) electrons. The van der Waals surface area contributed by atoms with Gasteiger partial charge < -0.3 is 4.52 Å². The highest BCUT2D eigenvalue weighted by Gasteiger charge is 2.24. The molecule has 0 aliphatic rings. The topological polar surface area (TPSA) is 85.1 Å². The van der Waals surface area contributed by atoms with Gasteiger partial charge in [0.25, 0.3) is 0 Å². The summed E-state index contributed by atoms with van der Waals surface area (Å²) < 4.78 is 57.8. The summed E-state index contributed by atoms with van der Waals surface area (Å²) in [7, 11) is -4.14. The fourth-order valence-electron chi connectivity index (χ4n) is 2.07. The highest BCUT2D eigenvalue weighted by atomic mass is 32.2. The van der Waals surface area contributed by atoms with Crippen molar-refractivity contribution in [3.05, 3.63) is 41.0 Å². The SMILES string of the molecule is Cc1noc(C)c1CC(C)NS(=O)(=O)c1ccc(F)nc1F. The third-order valence-electron chi connectivity index (χ3n) is 3.12. The quantitative estimate of drug-likeness (QED) is 0.846. The lowest BCUT2D eigenvalue weighted by atomic mass is 10.1. The van der Waals surface area contributed by atoms with Crippen LogP contribution in [0.3, 0.4) is 0 Å². The minimum atomic E-state index is -4.14. The van der Waals surface area contributed by atoms with E-state index in [0.717, 1.165) is 17.7 Å². The Labute approximate surface area is 126 Å². The Morgan fingerprint density at radius 2 is 2.00 bits per heavy atom. The van der Waals surface area contributed by atoms with E-state index in [1.54, 1.807) is 20.8 Å². The number of sulfonamides is 1. The van der Waals surface area contributed by atoms with Crippen molar-refractivity contribution in [2.24, 2.45) is 0 Å². The molecule has 0 bridgehead atoms. The first kappa shape index (κ1) is 16.5. The van der Waals surface area contributed by atoms with Gasteiger partial charge in [0.1, 0.15) is 10.7 Å². The number of halogens is 2. The van der Waals surface area contributed by atoms with Crippen LogP contribution in [0.25, 0.3) is 0 Å². The van der Waals surface area contributed by atoms with Gasteiger partial charge in [0.05, 0.1) is 5.69 Å². The maximum absolute atomic E-state index is 13.5. The van der Waals surface area contributed by atoms with E-state index >= 15 is 0 Å². The highest BCUT2D eigenvalue weighted by Crippen LogP contribution is 2.17. The molecule has 0 spiro atoms. The normalized spacial score (nSPS) is 13.3. The minimum absolute atomic E-state index is 0.330. The lowest BCUT2D eigenvalue weighted by molar-refractivity contribution is 0.392. The number of nitrogens with one attached hydrogen (secondary N) is 1. The van der Waals surface area contributed by atoms with Gasteiger partial charge in [-0.2, -0.15) is 13.8 Å². The molecule has 0 saturated heterocycles. The molecule has 1 N–H and O–H groups in total. The molecule has 22 heavy (non-hydrogen) atoms. The van der Waals surface area contributed by atoms with Crippen molar-refractivity contribution in [3.63, 3.8) is 0 Å². The first-order valence-electron chi connectivity index (χ1n) is 6.47. The van der Waals surface area contributed by atoms with Crippen LogP contribution in [-0.4, -0.2) is 24.6 Å². The van der Waals surface area contributed by atoms with Gasteiger partial charge in [-0.05, 0) is 39.3 Å². The van der Waals surface area contributed by atoms with Gasteiger partial charge in [-0.1, -0.05) is 5.16 Å². The molecule has 2 aromatic heterocycles. The Bertz CT molecular complexity index is 770. The van der Waals surface area contributed by atoms with Gasteiger partial charge in [-0.25, -0.2) is 13.1 Å². The lowest BCUT2D eigenvalue weighted by Crippen LogP contribution is -2.35. The van der Waals surface area contributed by atoms with Crippen LogP contribution in [0.15, 0.2) is 21.6 Å². The van der Waals surface area contributed by atoms with Crippen molar-refractivity contribution in [1.82, 2.24) is 14.9 Å². The second-order valence-electron chi connectivity index (χ2n) is 4.95. The van der Waals surface area contributed by atoms with E-state index in [1.165, 1.54) is 0 Å². The molecule has 6 nitrogen and oxygen atoms in total. The van der Waals surface area contributed by atoms with E-state index in [2.05, 4.69) is 14.9 Å². The van der Waals surface area contributed by atoms with E-state index < -0.39 is 32.9 Å². The van der Waals surface area contributed by atoms with E-state index in [-0.39, 0.29) is 0 Å². The number of hydrogen-bond donors (Lipinski definition) is 1. The Hall–Kier alpha value is -1.87. The van der Waals surface area contributed by atoms with Gasteiger partial charge in [0.15, 0.2) is 0 Å². The molecule has 0 aliphatic heterocycles. The number of nitrogens with zero attached hydrogens (tertiary/aromatic N) is 2. The van der Waals surface area contributed by atoms with Gasteiger partial charge >= 0.3 is 0 Å². The van der Waals surface area contributed by atoms with Crippen LogP contribution >= 0.6 is 0 Å². The molecule has 1 unspecified atom stereocenters. The van der Waals surface area contributed by atoms with Crippen LogP contribution in [0.4, 0.5) is 8.78 Å². The van der Waals surface area contributed by atoms with Gasteiger partial charge in [-0.3, -0.25) is 0 Å². The molecular weight excluding hydrogens is 316 g/mol. The van der Waals surface area contributed by atoms with E-state index in [0.29, 0.717) is 17.9 Å². The average molecular weight is 331 g/mol. The standard InChI is InChI=1S/C13H15F2N3O3S/c1-7(6-10-8(2)17-21-9(10)3)18-22(19,20)11-4-5-12(14)16-13(11)15/h4-5,7,18H,6H2,1-3H3. The molecule has 1 atom stereocenters. The maximum Gasteiger partial charge on any atom is 0.245 e. The summed E-state index contributed by atoms with van der Waals surface area (Å²) in [5, 5.41) is 3.78. The Kier molecular flexibility index (Phi) is 4.57. The zero-order valence-electron chi connectivity index (χ0n) is 12.2. The van der Waals surface area contributed by atoms with Crippen LogP contribution in [-0.2, 0) is 16.4 Å². The third-order valence-corrected chi connectivity index (χ3v) is 4.71. The summed E-state index contributed by atoms with van der Waals surface area (Å²) in [6, 6.07) is 1.09. The number of pyridine rings is 1. The summed E-state index contributed by atoms with van der Waals surface area (Å²) in [5.74, 6) is -1.87. The van der Waals surface area contributed by atoms with Crippen molar-refractivity contribution in [2.75, 3.05) is 0 Å². The first-order valence-corrected chi connectivity index (χ1v) is 7.95. The molecule has 0 aliphatic carbocycles. The Morgan fingerprint density at radius 1 is 1.32 bits per heavy atom. The second kappa shape index (κ2) is 6.09. The number of aryl methyl sites for hydroxylation is 2. The van der Waals surface area contributed by atoms with E-state index in [4.69, 9.17) is 4.52 Å². The van der Waals surface area contributed by atoms with Gasteiger partial charge in [-0.15, -0.1) is 0 Å². The first-order chi connectivity index (χ1) is 10.2. The monoisotopic (exact) mass is 331 g/mol. The largest absolute Gasteiger partial charge is 0.361 e. The van der Waals surface area contributed by atoms with Crippen LogP contribution in [0.1, 0.15) is 23.9 Å². The summed E-state index contributed by atoms with van der Waals surface area (Å²) in [5.41, 5.74) is 1.45. The third kappa shape index (κ3) is 3.47. The van der Waals surface area contributed by atoms with E-state index in [1.807, 2.05) is 0 Å². The molecular formula is C13H15F2N3O3S.